The molecule has 1 unspecified atom stereocenters. The maximum Gasteiger partial charge on any atom is 0.255 e. The minimum Gasteiger partial charge on any atom is -0.326 e. The second-order valence-electron chi connectivity index (χ2n) is 8.96. The normalized spacial score (nSPS) is 22.9. The number of piperidine rings is 1. The van der Waals surface area contributed by atoms with E-state index in [1.807, 2.05) is 12.1 Å². The van der Waals surface area contributed by atoms with Gasteiger partial charge >= 0.3 is 0 Å². The van der Waals surface area contributed by atoms with Crippen LogP contribution >= 0.6 is 0 Å². The van der Waals surface area contributed by atoms with Gasteiger partial charge in [0.25, 0.3) is 5.91 Å². The van der Waals surface area contributed by atoms with Gasteiger partial charge in [-0.15, -0.1) is 0 Å². The molecule has 2 N–H and O–H groups in total. The van der Waals surface area contributed by atoms with E-state index in [0.717, 1.165) is 31.2 Å². The third-order valence-electron chi connectivity index (χ3n) is 6.38. The number of carbonyl (C=O) groups excluding carboxylic acids is 4. The quantitative estimate of drug-likeness (QED) is 0.747. The second-order valence-corrected chi connectivity index (χ2v) is 8.96. The van der Waals surface area contributed by atoms with E-state index in [2.05, 4.69) is 24.5 Å². The molecule has 7 nitrogen and oxygen atoms in total. The van der Waals surface area contributed by atoms with E-state index in [0.29, 0.717) is 30.1 Å². The predicted octanol–water partition coefficient (Wildman–Crippen LogP) is 2.60. The van der Waals surface area contributed by atoms with Gasteiger partial charge in [-0.05, 0) is 49.3 Å². The molecular formula is C22H27N3O4. The van der Waals surface area contributed by atoms with Crippen LogP contribution in [0.25, 0.3) is 0 Å². The summed E-state index contributed by atoms with van der Waals surface area (Å²) in [5, 5.41) is 5.32. The Kier molecular flexibility index (Phi) is 4.92. The molecule has 0 spiro atoms. The summed E-state index contributed by atoms with van der Waals surface area (Å²) >= 11 is 0. The molecule has 1 saturated heterocycles. The van der Waals surface area contributed by atoms with Gasteiger partial charge in [-0.3, -0.25) is 24.5 Å². The van der Waals surface area contributed by atoms with Crippen LogP contribution in [0.15, 0.2) is 18.2 Å². The summed E-state index contributed by atoms with van der Waals surface area (Å²) in [5.41, 5.74) is 1.66. The van der Waals surface area contributed by atoms with Crippen molar-refractivity contribution in [2.24, 2.45) is 11.3 Å². The lowest BCUT2D eigenvalue weighted by Gasteiger charge is -2.41. The SMILES string of the molecule is CC(C)CC1(C(=O)Nc2ccc3c(c2)C(=O)N(C2CCC(=O)NC2=O)C3)CCC1. The number of anilines is 1. The summed E-state index contributed by atoms with van der Waals surface area (Å²) in [6.07, 6.45) is 4.32. The van der Waals surface area contributed by atoms with Crippen LogP contribution in [0, 0.1) is 11.3 Å². The molecule has 1 atom stereocenters. The Balaban J connectivity index is 1.49. The van der Waals surface area contributed by atoms with Gasteiger partial charge in [0.2, 0.25) is 17.7 Å². The minimum atomic E-state index is -0.630. The molecule has 0 bridgehead atoms. The molecule has 1 aromatic carbocycles. The van der Waals surface area contributed by atoms with Crippen LogP contribution in [0.5, 0.6) is 0 Å². The molecule has 1 aromatic rings. The smallest absolute Gasteiger partial charge is 0.255 e. The average Bonchev–Trinajstić information content (AvgIpc) is 2.94. The lowest BCUT2D eigenvalue weighted by Crippen LogP contribution is -2.52. The predicted molar refractivity (Wildman–Crippen MR) is 107 cm³/mol. The van der Waals surface area contributed by atoms with Gasteiger partial charge in [0, 0.05) is 29.6 Å². The van der Waals surface area contributed by atoms with E-state index in [4.69, 9.17) is 0 Å². The van der Waals surface area contributed by atoms with Crippen LogP contribution in [0.3, 0.4) is 0 Å². The first kappa shape index (κ1) is 19.6. The summed E-state index contributed by atoms with van der Waals surface area (Å²) in [7, 11) is 0. The Bertz CT molecular complexity index is 888. The van der Waals surface area contributed by atoms with Gasteiger partial charge in [0.05, 0.1) is 0 Å². The minimum absolute atomic E-state index is 0.0323. The first-order valence-corrected chi connectivity index (χ1v) is 10.4. The van der Waals surface area contributed by atoms with E-state index in [9.17, 15) is 19.2 Å². The first-order valence-electron chi connectivity index (χ1n) is 10.4. The molecule has 2 aliphatic heterocycles. The third kappa shape index (κ3) is 3.54. The van der Waals surface area contributed by atoms with Crippen molar-refractivity contribution in [3.63, 3.8) is 0 Å². The van der Waals surface area contributed by atoms with Crippen LogP contribution in [0.1, 0.15) is 68.3 Å². The Hall–Kier alpha value is -2.70. The fraction of sp³-hybridized carbons (Fsp3) is 0.545. The molecule has 4 rings (SSSR count). The zero-order valence-corrected chi connectivity index (χ0v) is 16.9. The zero-order chi connectivity index (χ0) is 20.8. The highest BCUT2D eigenvalue weighted by Gasteiger charge is 2.44. The molecular weight excluding hydrogens is 370 g/mol. The zero-order valence-electron chi connectivity index (χ0n) is 16.9. The number of rotatable bonds is 5. The van der Waals surface area contributed by atoms with E-state index in [1.165, 1.54) is 4.90 Å². The second kappa shape index (κ2) is 7.28. The molecule has 4 amide bonds. The van der Waals surface area contributed by atoms with Gasteiger partial charge in [0.1, 0.15) is 6.04 Å². The summed E-state index contributed by atoms with van der Waals surface area (Å²) in [6.45, 7) is 4.60. The Morgan fingerprint density at radius 3 is 2.66 bits per heavy atom. The fourth-order valence-electron chi connectivity index (χ4n) is 4.81. The number of hydrogen-bond donors (Lipinski definition) is 2. The molecule has 2 heterocycles. The van der Waals surface area contributed by atoms with Gasteiger partial charge in [-0.2, -0.15) is 0 Å². The number of nitrogens with zero attached hydrogens (tertiary/aromatic N) is 1. The highest BCUT2D eigenvalue weighted by molar-refractivity contribution is 6.06. The van der Waals surface area contributed by atoms with Crippen molar-refractivity contribution < 1.29 is 19.2 Å². The van der Waals surface area contributed by atoms with E-state index in [-0.39, 0.29) is 29.6 Å². The van der Waals surface area contributed by atoms with E-state index in [1.54, 1.807) is 6.07 Å². The highest BCUT2D eigenvalue weighted by atomic mass is 16.2. The van der Waals surface area contributed by atoms with Gasteiger partial charge in [-0.25, -0.2) is 0 Å². The topological polar surface area (TPSA) is 95.6 Å². The van der Waals surface area contributed by atoms with Crippen molar-refractivity contribution in [1.29, 1.82) is 0 Å². The molecule has 0 aromatic heterocycles. The Labute approximate surface area is 170 Å². The van der Waals surface area contributed by atoms with Crippen LogP contribution in [0.4, 0.5) is 5.69 Å². The fourth-order valence-corrected chi connectivity index (χ4v) is 4.81. The monoisotopic (exact) mass is 397 g/mol. The molecule has 0 radical (unpaired) electrons. The van der Waals surface area contributed by atoms with Crippen LogP contribution < -0.4 is 10.6 Å². The Morgan fingerprint density at radius 1 is 1.28 bits per heavy atom. The standard InChI is InChI=1S/C22H27N3O4/c1-13(2)11-22(8-3-9-22)21(29)23-15-5-4-14-12-25(20(28)16(14)10-15)17-6-7-18(26)24-19(17)27/h4-5,10,13,17H,3,6-9,11-12H2,1-2H3,(H,23,29)(H,24,26,27). The Morgan fingerprint density at radius 2 is 2.03 bits per heavy atom. The maximum absolute atomic E-state index is 12.9. The summed E-state index contributed by atoms with van der Waals surface area (Å²) < 4.78 is 0. The van der Waals surface area contributed by atoms with E-state index < -0.39 is 11.9 Å². The third-order valence-corrected chi connectivity index (χ3v) is 6.38. The number of hydrogen-bond acceptors (Lipinski definition) is 4. The summed E-state index contributed by atoms with van der Waals surface area (Å²) in [4.78, 5) is 50.9. The lowest BCUT2D eigenvalue weighted by molar-refractivity contribution is -0.137. The highest BCUT2D eigenvalue weighted by Crippen LogP contribution is 2.46. The van der Waals surface area contributed by atoms with Gasteiger partial charge in [0.15, 0.2) is 0 Å². The largest absolute Gasteiger partial charge is 0.326 e. The maximum atomic E-state index is 12.9. The number of imide groups is 1. The lowest BCUT2D eigenvalue weighted by atomic mass is 9.64. The molecule has 154 valence electrons. The van der Waals surface area contributed by atoms with Crippen molar-refractivity contribution in [3.8, 4) is 0 Å². The van der Waals surface area contributed by atoms with Crippen molar-refractivity contribution in [2.45, 2.75) is 65.0 Å². The number of fused-ring (bicyclic) bond motifs is 1. The van der Waals surface area contributed by atoms with Gasteiger partial charge < -0.3 is 10.2 Å². The summed E-state index contributed by atoms with van der Waals surface area (Å²) in [5.74, 6) is -0.469. The van der Waals surface area contributed by atoms with Crippen molar-refractivity contribution in [3.05, 3.63) is 29.3 Å². The molecule has 1 saturated carbocycles. The molecule has 2 fully saturated rings. The van der Waals surface area contributed by atoms with Crippen molar-refractivity contribution in [2.75, 3.05) is 5.32 Å². The number of nitrogens with one attached hydrogen (secondary N) is 2. The van der Waals surface area contributed by atoms with E-state index >= 15 is 0 Å². The molecule has 29 heavy (non-hydrogen) atoms. The molecule has 7 heteroatoms. The first-order chi connectivity index (χ1) is 13.8. The molecule has 1 aliphatic carbocycles. The number of carbonyl (C=O) groups is 4. The number of benzene rings is 1. The van der Waals surface area contributed by atoms with Crippen LogP contribution in [-0.2, 0) is 20.9 Å². The van der Waals surface area contributed by atoms with Gasteiger partial charge in [-0.1, -0.05) is 26.3 Å². The van der Waals surface area contributed by atoms with Crippen molar-refractivity contribution in [1.82, 2.24) is 10.2 Å². The summed E-state index contributed by atoms with van der Waals surface area (Å²) in [6, 6.07) is 4.74. The molecule has 3 aliphatic rings. The average molecular weight is 397 g/mol. The van der Waals surface area contributed by atoms with Crippen LogP contribution in [0.2, 0.25) is 0 Å². The van der Waals surface area contributed by atoms with Crippen LogP contribution in [-0.4, -0.2) is 34.6 Å². The van der Waals surface area contributed by atoms with Crippen molar-refractivity contribution >= 4 is 29.3 Å². The number of amides is 4.